The Morgan fingerprint density at radius 2 is 2.33 bits per heavy atom. The van der Waals surface area contributed by atoms with Gasteiger partial charge >= 0.3 is 6.16 Å². The van der Waals surface area contributed by atoms with Crippen molar-refractivity contribution in [3.8, 4) is 0 Å². The number of rotatable bonds is 4. The van der Waals surface area contributed by atoms with Crippen LogP contribution >= 0.6 is 0 Å². The average molecular weight is 217 g/mol. The molecule has 15 heavy (non-hydrogen) atoms. The number of hydrogen-bond acceptors (Lipinski definition) is 5. The first-order valence-corrected chi connectivity index (χ1v) is 5.30. The topological polar surface area (TPSA) is 56.8 Å². The van der Waals surface area contributed by atoms with Gasteiger partial charge in [0.25, 0.3) is 0 Å². The molecule has 1 aliphatic rings. The minimum Gasteiger partial charge on any atom is -0.434 e. The fraction of sp³-hybridized carbons (Fsp3) is 0.900. The lowest BCUT2D eigenvalue weighted by molar-refractivity contribution is -0.0306. The summed E-state index contributed by atoms with van der Waals surface area (Å²) < 4.78 is 15.1. The van der Waals surface area contributed by atoms with Crippen LogP contribution in [0.4, 0.5) is 4.79 Å². The standard InChI is InChI=1S/C10H19NO4/c1-8(2)6-14-10(12)15-7-9-5-11-3-4-13-9/h8-9,11H,3-7H2,1-2H3. The molecule has 0 aromatic rings. The van der Waals surface area contributed by atoms with E-state index in [9.17, 15) is 4.79 Å². The first-order chi connectivity index (χ1) is 7.18. The molecule has 0 radical (unpaired) electrons. The van der Waals surface area contributed by atoms with Gasteiger partial charge in [0.1, 0.15) is 12.7 Å². The molecule has 0 saturated carbocycles. The van der Waals surface area contributed by atoms with Crippen LogP contribution in [0.5, 0.6) is 0 Å². The highest BCUT2D eigenvalue weighted by Crippen LogP contribution is 1.99. The molecule has 5 nitrogen and oxygen atoms in total. The summed E-state index contributed by atoms with van der Waals surface area (Å²) in [5, 5.41) is 3.15. The number of morpholine rings is 1. The molecule has 0 amide bonds. The summed E-state index contributed by atoms with van der Waals surface area (Å²) in [5.74, 6) is 0.324. The molecule has 1 unspecified atom stereocenters. The maximum atomic E-state index is 11.1. The van der Waals surface area contributed by atoms with E-state index < -0.39 is 6.16 Å². The van der Waals surface area contributed by atoms with E-state index in [-0.39, 0.29) is 12.7 Å². The Morgan fingerprint density at radius 1 is 1.53 bits per heavy atom. The van der Waals surface area contributed by atoms with Crippen LogP contribution in [0, 0.1) is 5.92 Å². The van der Waals surface area contributed by atoms with Crippen molar-refractivity contribution in [2.45, 2.75) is 20.0 Å². The number of nitrogens with one attached hydrogen (secondary N) is 1. The Morgan fingerprint density at radius 3 is 2.93 bits per heavy atom. The van der Waals surface area contributed by atoms with E-state index in [4.69, 9.17) is 14.2 Å². The molecule has 1 N–H and O–H groups in total. The van der Waals surface area contributed by atoms with E-state index in [2.05, 4.69) is 5.32 Å². The zero-order chi connectivity index (χ0) is 11.1. The summed E-state index contributed by atoms with van der Waals surface area (Å²) in [6.45, 7) is 6.83. The van der Waals surface area contributed by atoms with Crippen molar-refractivity contribution in [3.05, 3.63) is 0 Å². The highest BCUT2D eigenvalue weighted by molar-refractivity contribution is 5.59. The average Bonchev–Trinajstić information content (AvgIpc) is 2.25. The fourth-order valence-electron chi connectivity index (χ4n) is 1.16. The molecular formula is C10H19NO4. The zero-order valence-corrected chi connectivity index (χ0v) is 9.32. The molecule has 0 aromatic carbocycles. The third-order valence-electron chi connectivity index (χ3n) is 1.93. The molecule has 0 aliphatic carbocycles. The second kappa shape index (κ2) is 6.63. The van der Waals surface area contributed by atoms with Gasteiger partial charge in [-0.05, 0) is 5.92 Å². The molecule has 0 aromatic heterocycles. The van der Waals surface area contributed by atoms with Crippen molar-refractivity contribution in [2.75, 3.05) is 32.9 Å². The summed E-state index contributed by atoms with van der Waals surface area (Å²) in [7, 11) is 0. The lowest BCUT2D eigenvalue weighted by Crippen LogP contribution is -2.41. The number of carbonyl (C=O) groups is 1. The van der Waals surface area contributed by atoms with Gasteiger partial charge in [-0.1, -0.05) is 13.8 Å². The lowest BCUT2D eigenvalue weighted by atomic mass is 10.2. The lowest BCUT2D eigenvalue weighted by Gasteiger charge is -2.22. The second-order valence-corrected chi connectivity index (χ2v) is 3.96. The van der Waals surface area contributed by atoms with Gasteiger partial charge in [0.2, 0.25) is 0 Å². The Bertz CT molecular complexity index is 190. The molecule has 5 heteroatoms. The van der Waals surface area contributed by atoms with Crippen molar-refractivity contribution >= 4 is 6.16 Å². The number of hydrogen-bond donors (Lipinski definition) is 1. The van der Waals surface area contributed by atoms with Crippen LogP contribution in [0.2, 0.25) is 0 Å². The summed E-state index contributed by atoms with van der Waals surface area (Å²) in [6, 6.07) is 0. The van der Waals surface area contributed by atoms with E-state index in [0.29, 0.717) is 19.1 Å². The Balaban J connectivity index is 2.05. The van der Waals surface area contributed by atoms with Gasteiger partial charge in [-0.25, -0.2) is 4.79 Å². The first-order valence-electron chi connectivity index (χ1n) is 5.30. The van der Waals surface area contributed by atoms with Crippen LogP contribution in [0.15, 0.2) is 0 Å². The molecule has 0 bridgehead atoms. The van der Waals surface area contributed by atoms with Crippen molar-refractivity contribution in [1.29, 1.82) is 0 Å². The van der Waals surface area contributed by atoms with Gasteiger partial charge in [-0.2, -0.15) is 0 Å². The normalized spacial score (nSPS) is 21.4. The van der Waals surface area contributed by atoms with Crippen LogP contribution in [0.3, 0.4) is 0 Å². The van der Waals surface area contributed by atoms with E-state index in [0.717, 1.165) is 13.1 Å². The smallest absolute Gasteiger partial charge is 0.434 e. The summed E-state index contributed by atoms with van der Waals surface area (Å²) in [4.78, 5) is 11.1. The molecule has 0 spiro atoms. The second-order valence-electron chi connectivity index (χ2n) is 3.96. The Kier molecular flexibility index (Phi) is 5.42. The predicted molar refractivity (Wildman–Crippen MR) is 54.7 cm³/mol. The molecule has 1 rings (SSSR count). The molecule has 1 aliphatic heterocycles. The van der Waals surface area contributed by atoms with Gasteiger partial charge in [0, 0.05) is 13.1 Å². The molecule has 1 saturated heterocycles. The van der Waals surface area contributed by atoms with Gasteiger partial charge in [-0.3, -0.25) is 0 Å². The van der Waals surface area contributed by atoms with Crippen LogP contribution in [0.1, 0.15) is 13.8 Å². The van der Waals surface area contributed by atoms with Crippen molar-refractivity contribution < 1.29 is 19.0 Å². The number of ether oxygens (including phenoxy) is 3. The maximum Gasteiger partial charge on any atom is 0.508 e. The fourth-order valence-corrected chi connectivity index (χ4v) is 1.16. The van der Waals surface area contributed by atoms with Crippen molar-refractivity contribution in [1.82, 2.24) is 5.32 Å². The molecule has 1 atom stereocenters. The third-order valence-corrected chi connectivity index (χ3v) is 1.93. The molecule has 1 heterocycles. The first kappa shape index (κ1) is 12.3. The molecule has 1 fully saturated rings. The van der Waals surface area contributed by atoms with E-state index in [1.165, 1.54) is 0 Å². The van der Waals surface area contributed by atoms with Crippen LogP contribution in [0.25, 0.3) is 0 Å². The summed E-state index contributed by atoms with van der Waals surface area (Å²) >= 11 is 0. The van der Waals surface area contributed by atoms with Gasteiger partial charge in [0.05, 0.1) is 13.2 Å². The van der Waals surface area contributed by atoms with Crippen molar-refractivity contribution in [2.24, 2.45) is 5.92 Å². The zero-order valence-electron chi connectivity index (χ0n) is 9.32. The minimum atomic E-state index is -0.613. The van der Waals surface area contributed by atoms with Crippen LogP contribution in [-0.4, -0.2) is 45.2 Å². The highest BCUT2D eigenvalue weighted by atomic mass is 16.7. The summed E-state index contributed by atoms with van der Waals surface area (Å²) in [5.41, 5.74) is 0. The van der Waals surface area contributed by atoms with Gasteiger partial charge < -0.3 is 19.5 Å². The monoisotopic (exact) mass is 217 g/mol. The van der Waals surface area contributed by atoms with E-state index in [1.54, 1.807) is 0 Å². The largest absolute Gasteiger partial charge is 0.508 e. The van der Waals surface area contributed by atoms with Gasteiger partial charge in [-0.15, -0.1) is 0 Å². The van der Waals surface area contributed by atoms with E-state index in [1.807, 2.05) is 13.8 Å². The van der Waals surface area contributed by atoms with E-state index >= 15 is 0 Å². The number of carbonyl (C=O) groups excluding carboxylic acids is 1. The van der Waals surface area contributed by atoms with Crippen LogP contribution < -0.4 is 5.32 Å². The quantitative estimate of drug-likeness (QED) is 0.705. The van der Waals surface area contributed by atoms with Gasteiger partial charge in [0.15, 0.2) is 0 Å². The van der Waals surface area contributed by atoms with Crippen molar-refractivity contribution in [3.63, 3.8) is 0 Å². The highest BCUT2D eigenvalue weighted by Gasteiger charge is 2.16. The third kappa shape index (κ3) is 5.59. The van der Waals surface area contributed by atoms with Crippen LogP contribution in [-0.2, 0) is 14.2 Å². The Hall–Kier alpha value is -0.810. The minimum absolute atomic E-state index is 0.0506. The Labute approximate surface area is 90.1 Å². The molecular weight excluding hydrogens is 198 g/mol. The maximum absolute atomic E-state index is 11.1. The predicted octanol–water partition coefficient (Wildman–Crippen LogP) is 0.784. The summed E-state index contributed by atoms with van der Waals surface area (Å²) in [6.07, 6.45) is -0.664. The SMILES string of the molecule is CC(C)COC(=O)OCC1CNCCO1. The molecule has 88 valence electrons.